The van der Waals surface area contributed by atoms with Crippen molar-refractivity contribution in [1.82, 2.24) is 19.9 Å². The zero-order valence-corrected chi connectivity index (χ0v) is 17.3. The van der Waals surface area contributed by atoms with Crippen LogP contribution in [0.3, 0.4) is 0 Å². The average molecular weight is 404 g/mol. The van der Waals surface area contributed by atoms with Crippen LogP contribution in [0.4, 0.5) is 0 Å². The van der Waals surface area contributed by atoms with Crippen molar-refractivity contribution in [3.8, 4) is 11.5 Å². The second kappa shape index (κ2) is 8.02. The molecule has 0 aliphatic carbocycles. The minimum Gasteiger partial charge on any atom is -0.504 e. The van der Waals surface area contributed by atoms with Gasteiger partial charge in [-0.3, -0.25) is 4.79 Å². The van der Waals surface area contributed by atoms with Crippen molar-refractivity contribution in [2.24, 2.45) is 0 Å². The molecule has 0 fully saturated rings. The molecule has 0 spiro atoms. The Hall–Kier alpha value is -3.61. The number of nitrogens with one attached hydrogen (secondary N) is 1. The van der Waals surface area contributed by atoms with Crippen LogP contribution in [-0.4, -0.2) is 32.7 Å². The van der Waals surface area contributed by atoms with E-state index in [2.05, 4.69) is 10.4 Å². The number of phenols is 1. The molecule has 2 heterocycles. The molecular weight excluding hydrogens is 380 g/mol. The maximum Gasteiger partial charge on any atom is 0.220 e. The van der Waals surface area contributed by atoms with Crippen LogP contribution in [0.2, 0.25) is 0 Å². The van der Waals surface area contributed by atoms with Gasteiger partial charge in [-0.2, -0.15) is 5.10 Å². The summed E-state index contributed by atoms with van der Waals surface area (Å²) in [6, 6.07) is 13.0. The highest BCUT2D eigenvalue weighted by atomic mass is 16.5. The molecule has 154 valence electrons. The van der Waals surface area contributed by atoms with Crippen molar-refractivity contribution in [3.05, 3.63) is 65.0 Å². The van der Waals surface area contributed by atoms with Gasteiger partial charge in [0, 0.05) is 29.7 Å². The Morgan fingerprint density at radius 1 is 1.20 bits per heavy atom. The van der Waals surface area contributed by atoms with E-state index in [4.69, 9.17) is 9.72 Å². The summed E-state index contributed by atoms with van der Waals surface area (Å²) in [6.45, 7) is 4.33. The number of ether oxygens (including phenoxy) is 1. The van der Waals surface area contributed by atoms with Gasteiger partial charge in [-0.05, 0) is 55.7 Å². The fraction of sp³-hybridized carbons (Fsp3) is 0.261. The number of rotatable bonds is 6. The van der Waals surface area contributed by atoms with Crippen molar-refractivity contribution in [2.45, 2.75) is 33.2 Å². The van der Waals surface area contributed by atoms with E-state index in [0.29, 0.717) is 25.1 Å². The number of aromatic nitrogens is 3. The van der Waals surface area contributed by atoms with E-state index < -0.39 is 0 Å². The minimum atomic E-state index is -0.0603. The number of methoxy groups -OCH3 is 1. The van der Waals surface area contributed by atoms with Crippen LogP contribution in [-0.2, 0) is 17.8 Å². The molecule has 2 aromatic heterocycles. The molecule has 0 atom stereocenters. The van der Waals surface area contributed by atoms with Gasteiger partial charge in [0.15, 0.2) is 17.1 Å². The topological polar surface area (TPSA) is 88.8 Å². The Labute approximate surface area is 174 Å². The zero-order valence-electron chi connectivity index (χ0n) is 17.3. The van der Waals surface area contributed by atoms with Gasteiger partial charge in [0.2, 0.25) is 5.91 Å². The van der Waals surface area contributed by atoms with Crippen molar-refractivity contribution in [2.75, 3.05) is 7.11 Å². The summed E-state index contributed by atoms with van der Waals surface area (Å²) in [5.41, 5.74) is 5.51. The summed E-state index contributed by atoms with van der Waals surface area (Å²) in [6.07, 6.45) is 0.925. The minimum absolute atomic E-state index is 0.0569. The Morgan fingerprint density at radius 3 is 2.77 bits per heavy atom. The predicted octanol–water partition coefficient (Wildman–Crippen LogP) is 3.46. The largest absolute Gasteiger partial charge is 0.504 e. The van der Waals surface area contributed by atoms with Crippen LogP contribution >= 0.6 is 0 Å². The molecule has 0 aliphatic heterocycles. The summed E-state index contributed by atoms with van der Waals surface area (Å²) < 4.78 is 6.90. The molecule has 0 unspecified atom stereocenters. The number of benzene rings is 2. The normalized spacial score (nSPS) is 11.2. The lowest BCUT2D eigenvalue weighted by atomic mass is 10.1. The smallest absolute Gasteiger partial charge is 0.220 e. The van der Waals surface area contributed by atoms with Crippen LogP contribution < -0.4 is 10.1 Å². The van der Waals surface area contributed by atoms with Crippen LogP contribution in [0.25, 0.3) is 16.6 Å². The lowest BCUT2D eigenvalue weighted by Gasteiger charge is -2.12. The van der Waals surface area contributed by atoms with Gasteiger partial charge in [0.05, 0.1) is 12.6 Å². The Bertz CT molecular complexity index is 1250. The molecule has 4 rings (SSSR count). The van der Waals surface area contributed by atoms with E-state index in [1.165, 1.54) is 7.11 Å². The fourth-order valence-electron chi connectivity index (χ4n) is 3.71. The molecule has 4 aromatic rings. The summed E-state index contributed by atoms with van der Waals surface area (Å²) >= 11 is 0. The number of phenolic OH excluding ortho intramolecular Hbond substituents is 1. The molecule has 1 amide bonds. The maximum absolute atomic E-state index is 12.4. The standard InChI is InChI=1S/C23H24N4O3/c1-14-17(15(2)27-23(25-14)18-6-4-5-7-19(18)26-27)9-11-22(29)24-13-16-8-10-21(30-3)20(28)12-16/h4-8,10,12,28H,9,11,13H2,1-3H3,(H,24,29). The zero-order chi connectivity index (χ0) is 21.3. The fourth-order valence-corrected chi connectivity index (χ4v) is 3.71. The first kappa shape index (κ1) is 19.7. The highest BCUT2D eigenvalue weighted by Gasteiger charge is 2.15. The average Bonchev–Trinajstić information content (AvgIpc) is 3.11. The first-order valence-electron chi connectivity index (χ1n) is 9.84. The van der Waals surface area contributed by atoms with E-state index >= 15 is 0 Å². The summed E-state index contributed by atoms with van der Waals surface area (Å²) in [7, 11) is 1.50. The number of aryl methyl sites for hydroxylation is 2. The van der Waals surface area contributed by atoms with Gasteiger partial charge in [0.25, 0.3) is 0 Å². The van der Waals surface area contributed by atoms with Gasteiger partial charge in [-0.25, -0.2) is 9.50 Å². The van der Waals surface area contributed by atoms with Gasteiger partial charge in [0.1, 0.15) is 0 Å². The third-order valence-electron chi connectivity index (χ3n) is 5.35. The van der Waals surface area contributed by atoms with E-state index in [0.717, 1.165) is 39.1 Å². The van der Waals surface area contributed by atoms with Crippen LogP contribution in [0.1, 0.15) is 28.9 Å². The Morgan fingerprint density at radius 2 is 2.00 bits per heavy atom. The summed E-state index contributed by atoms with van der Waals surface area (Å²) in [4.78, 5) is 17.1. The molecule has 7 heteroatoms. The van der Waals surface area contributed by atoms with E-state index in [1.54, 1.807) is 12.1 Å². The Balaban J connectivity index is 1.46. The van der Waals surface area contributed by atoms with Crippen molar-refractivity contribution in [1.29, 1.82) is 0 Å². The highest BCUT2D eigenvalue weighted by molar-refractivity contribution is 5.92. The van der Waals surface area contributed by atoms with Crippen LogP contribution in [0.5, 0.6) is 11.5 Å². The number of fused-ring (bicyclic) bond motifs is 3. The SMILES string of the molecule is COc1ccc(CNC(=O)CCc2c(C)nc3c4ccccc4nn3c2C)cc1O. The Kier molecular flexibility index (Phi) is 5.27. The molecule has 0 radical (unpaired) electrons. The molecule has 0 bridgehead atoms. The van der Waals surface area contributed by atoms with Crippen LogP contribution in [0.15, 0.2) is 42.5 Å². The number of aromatic hydroxyl groups is 1. The second-order valence-corrected chi connectivity index (χ2v) is 7.30. The van der Waals surface area contributed by atoms with E-state index in [-0.39, 0.29) is 11.7 Å². The molecule has 2 N–H and O–H groups in total. The van der Waals surface area contributed by atoms with E-state index in [1.807, 2.05) is 48.7 Å². The number of amides is 1. The number of hydrogen-bond donors (Lipinski definition) is 2. The lowest BCUT2D eigenvalue weighted by molar-refractivity contribution is -0.121. The molecule has 0 saturated heterocycles. The van der Waals surface area contributed by atoms with Crippen molar-refractivity contribution in [3.63, 3.8) is 0 Å². The molecule has 0 aliphatic rings. The number of nitrogens with zero attached hydrogens (tertiary/aromatic N) is 3. The molecule has 7 nitrogen and oxygen atoms in total. The summed E-state index contributed by atoms with van der Waals surface area (Å²) in [5.74, 6) is 0.404. The maximum atomic E-state index is 12.4. The third kappa shape index (κ3) is 3.66. The third-order valence-corrected chi connectivity index (χ3v) is 5.35. The quantitative estimate of drug-likeness (QED) is 0.514. The number of hydrogen-bond acceptors (Lipinski definition) is 5. The van der Waals surface area contributed by atoms with Crippen molar-refractivity contribution >= 4 is 22.5 Å². The van der Waals surface area contributed by atoms with Gasteiger partial charge in [-0.15, -0.1) is 0 Å². The molecule has 0 saturated carbocycles. The second-order valence-electron chi connectivity index (χ2n) is 7.30. The summed E-state index contributed by atoms with van der Waals surface area (Å²) in [5, 5.41) is 18.4. The first-order valence-corrected chi connectivity index (χ1v) is 9.84. The molecule has 30 heavy (non-hydrogen) atoms. The van der Waals surface area contributed by atoms with E-state index in [9.17, 15) is 9.90 Å². The first-order chi connectivity index (χ1) is 14.5. The number of carbonyl (C=O) groups excluding carboxylic acids is 1. The monoisotopic (exact) mass is 404 g/mol. The molecular formula is C23H24N4O3. The van der Waals surface area contributed by atoms with Gasteiger partial charge >= 0.3 is 0 Å². The van der Waals surface area contributed by atoms with Crippen LogP contribution in [0, 0.1) is 13.8 Å². The van der Waals surface area contributed by atoms with Gasteiger partial charge < -0.3 is 15.2 Å². The van der Waals surface area contributed by atoms with Crippen molar-refractivity contribution < 1.29 is 14.6 Å². The molecule has 2 aromatic carbocycles. The van der Waals surface area contributed by atoms with Gasteiger partial charge in [-0.1, -0.05) is 18.2 Å². The highest BCUT2D eigenvalue weighted by Crippen LogP contribution is 2.26. The predicted molar refractivity (Wildman–Crippen MR) is 115 cm³/mol. The lowest BCUT2D eigenvalue weighted by Crippen LogP contribution is -2.23. The number of carbonyl (C=O) groups is 1.